The smallest absolute Gasteiger partial charge is 0.260 e. The SMILES string of the molecule is CCOc1cccc2sc(N(CCCn3ccnc3)C(=O)c3cc(OC)cc(OC)c3)nc12. The number of carbonyl (C=O) groups excluding carboxylic acids is 1. The molecule has 4 aromatic rings. The lowest BCUT2D eigenvalue weighted by Crippen LogP contribution is -2.32. The highest BCUT2D eigenvalue weighted by Crippen LogP contribution is 2.35. The summed E-state index contributed by atoms with van der Waals surface area (Å²) in [6.45, 7) is 3.71. The van der Waals surface area contributed by atoms with Crippen molar-refractivity contribution in [2.75, 3.05) is 32.3 Å². The molecule has 0 aliphatic heterocycles. The second-order valence-electron chi connectivity index (χ2n) is 7.24. The Labute approximate surface area is 196 Å². The predicted molar refractivity (Wildman–Crippen MR) is 129 cm³/mol. The highest BCUT2D eigenvalue weighted by atomic mass is 32.1. The minimum Gasteiger partial charge on any atom is -0.497 e. The Balaban J connectivity index is 1.69. The molecule has 172 valence electrons. The predicted octanol–water partition coefficient (Wildman–Crippen LogP) is 4.65. The van der Waals surface area contributed by atoms with Crippen molar-refractivity contribution < 1.29 is 19.0 Å². The molecule has 0 N–H and O–H groups in total. The number of methoxy groups -OCH3 is 2. The van der Waals surface area contributed by atoms with E-state index in [-0.39, 0.29) is 5.91 Å². The van der Waals surface area contributed by atoms with Gasteiger partial charge in [0.15, 0.2) is 5.13 Å². The fourth-order valence-corrected chi connectivity index (χ4v) is 4.51. The van der Waals surface area contributed by atoms with Gasteiger partial charge in [0, 0.05) is 37.1 Å². The van der Waals surface area contributed by atoms with Gasteiger partial charge in [0.2, 0.25) is 0 Å². The van der Waals surface area contributed by atoms with Crippen molar-refractivity contribution in [3.63, 3.8) is 0 Å². The number of anilines is 1. The number of rotatable bonds is 10. The summed E-state index contributed by atoms with van der Waals surface area (Å²) >= 11 is 1.47. The molecule has 0 fully saturated rings. The van der Waals surface area contributed by atoms with Crippen molar-refractivity contribution >= 4 is 32.6 Å². The number of ether oxygens (including phenoxy) is 3. The maximum absolute atomic E-state index is 13.7. The van der Waals surface area contributed by atoms with Gasteiger partial charge in [0.05, 0.1) is 31.9 Å². The third-order valence-electron chi connectivity index (χ3n) is 5.10. The van der Waals surface area contributed by atoms with Crippen LogP contribution >= 0.6 is 11.3 Å². The molecular weight excluding hydrogens is 440 g/mol. The van der Waals surface area contributed by atoms with E-state index in [1.54, 1.807) is 49.8 Å². The molecule has 4 rings (SSSR count). The fraction of sp³-hybridized carbons (Fsp3) is 0.292. The fourth-order valence-electron chi connectivity index (χ4n) is 3.50. The Bertz CT molecular complexity index is 1200. The van der Waals surface area contributed by atoms with E-state index >= 15 is 0 Å². The molecule has 0 saturated heterocycles. The molecule has 2 heterocycles. The van der Waals surface area contributed by atoms with Crippen LogP contribution in [0.3, 0.4) is 0 Å². The molecular formula is C24H26N4O4S. The van der Waals surface area contributed by atoms with Crippen molar-refractivity contribution in [2.24, 2.45) is 0 Å². The van der Waals surface area contributed by atoms with Gasteiger partial charge < -0.3 is 18.8 Å². The average molecular weight is 467 g/mol. The molecule has 0 bridgehead atoms. The molecule has 0 saturated carbocycles. The van der Waals surface area contributed by atoms with Crippen LogP contribution in [0.5, 0.6) is 17.2 Å². The van der Waals surface area contributed by atoms with Gasteiger partial charge in [-0.2, -0.15) is 0 Å². The van der Waals surface area contributed by atoms with Gasteiger partial charge in [-0.05, 0) is 37.6 Å². The molecule has 33 heavy (non-hydrogen) atoms. The summed E-state index contributed by atoms with van der Waals surface area (Å²) in [6, 6.07) is 11.0. The van der Waals surface area contributed by atoms with Crippen LogP contribution in [-0.2, 0) is 6.54 Å². The second kappa shape index (κ2) is 10.4. The quantitative estimate of drug-likeness (QED) is 0.339. The van der Waals surface area contributed by atoms with Crippen molar-refractivity contribution in [3.05, 3.63) is 60.7 Å². The van der Waals surface area contributed by atoms with Gasteiger partial charge >= 0.3 is 0 Å². The number of amides is 1. The van der Waals surface area contributed by atoms with E-state index in [4.69, 9.17) is 19.2 Å². The number of nitrogens with zero attached hydrogens (tertiary/aromatic N) is 4. The molecule has 0 aliphatic carbocycles. The van der Waals surface area contributed by atoms with E-state index in [9.17, 15) is 4.79 Å². The summed E-state index contributed by atoms with van der Waals surface area (Å²) in [7, 11) is 3.13. The molecule has 0 radical (unpaired) electrons. The summed E-state index contributed by atoms with van der Waals surface area (Å²) in [5, 5.41) is 0.620. The van der Waals surface area contributed by atoms with Crippen LogP contribution in [-0.4, -0.2) is 47.8 Å². The van der Waals surface area contributed by atoms with Crippen molar-refractivity contribution in [2.45, 2.75) is 19.9 Å². The third-order valence-corrected chi connectivity index (χ3v) is 6.15. The monoisotopic (exact) mass is 466 g/mol. The number of fused-ring (bicyclic) bond motifs is 1. The molecule has 0 spiro atoms. The highest BCUT2D eigenvalue weighted by molar-refractivity contribution is 7.22. The van der Waals surface area contributed by atoms with Crippen LogP contribution in [0.1, 0.15) is 23.7 Å². The molecule has 9 heteroatoms. The number of benzene rings is 2. The van der Waals surface area contributed by atoms with Gasteiger partial charge in [-0.25, -0.2) is 9.97 Å². The first-order valence-electron chi connectivity index (χ1n) is 10.7. The molecule has 2 aromatic heterocycles. The van der Waals surface area contributed by atoms with Crippen LogP contribution < -0.4 is 19.1 Å². The normalized spacial score (nSPS) is 10.9. The summed E-state index contributed by atoms with van der Waals surface area (Å²) in [5.74, 6) is 1.65. The molecule has 8 nitrogen and oxygen atoms in total. The van der Waals surface area contributed by atoms with E-state index in [1.165, 1.54) is 11.3 Å². The zero-order valence-electron chi connectivity index (χ0n) is 18.9. The number of aryl methyl sites for hydroxylation is 1. The van der Waals surface area contributed by atoms with Crippen LogP contribution in [0.4, 0.5) is 5.13 Å². The Hall–Kier alpha value is -3.59. The Morgan fingerprint density at radius 2 is 1.94 bits per heavy atom. The standard InChI is InChI=1S/C24H26N4O4S/c1-4-32-20-7-5-8-21-22(20)26-24(33-21)28(11-6-10-27-12-9-25-16-27)23(29)17-13-18(30-2)15-19(14-17)31-3/h5,7-9,12-16H,4,6,10-11H2,1-3H3. The lowest BCUT2D eigenvalue weighted by Gasteiger charge is -2.21. The molecule has 0 atom stereocenters. The van der Waals surface area contributed by atoms with Gasteiger partial charge in [-0.1, -0.05) is 17.4 Å². The number of hydrogen-bond donors (Lipinski definition) is 0. The zero-order chi connectivity index (χ0) is 23.2. The summed E-state index contributed by atoms with van der Waals surface area (Å²) in [4.78, 5) is 24.3. The summed E-state index contributed by atoms with van der Waals surface area (Å²) < 4.78 is 19.4. The minimum absolute atomic E-state index is 0.171. The van der Waals surface area contributed by atoms with Gasteiger partial charge in [0.1, 0.15) is 22.8 Å². The first-order valence-corrected chi connectivity index (χ1v) is 11.5. The Morgan fingerprint density at radius 1 is 1.15 bits per heavy atom. The zero-order valence-corrected chi connectivity index (χ0v) is 19.7. The topological polar surface area (TPSA) is 78.7 Å². The van der Waals surface area contributed by atoms with Crippen molar-refractivity contribution in [1.29, 1.82) is 0 Å². The van der Waals surface area contributed by atoms with Crippen molar-refractivity contribution in [1.82, 2.24) is 14.5 Å². The third kappa shape index (κ3) is 5.09. The first-order chi connectivity index (χ1) is 16.1. The second-order valence-corrected chi connectivity index (χ2v) is 8.25. The minimum atomic E-state index is -0.171. The van der Waals surface area contributed by atoms with Gasteiger partial charge in [0.25, 0.3) is 5.91 Å². The summed E-state index contributed by atoms with van der Waals surface area (Å²) in [5.41, 5.74) is 1.23. The number of imidazole rings is 1. The Kier molecular flexibility index (Phi) is 7.09. The molecule has 0 aliphatic rings. The van der Waals surface area contributed by atoms with Crippen LogP contribution in [0.2, 0.25) is 0 Å². The van der Waals surface area contributed by atoms with E-state index < -0.39 is 0 Å². The summed E-state index contributed by atoms with van der Waals surface area (Å²) in [6.07, 6.45) is 6.15. The van der Waals surface area contributed by atoms with Crippen LogP contribution in [0.15, 0.2) is 55.1 Å². The largest absolute Gasteiger partial charge is 0.497 e. The Morgan fingerprint density at radius 3 is 2.61 bits per heavy atom. The van der Waals surface area contributed by atoms with E-state index in [1.807, 2.05) is 35.9 Å². The van der Waals surface area contributed by atoms with E-state index in [2.05, 4.69) is 4.98 Å². The molecule has 0 unspecified atom stereocenters. The lowest BCUT2D eigenvalue weighted by atomic mass is 10.1. The number of aromatic nitrogens is 3. The van der Waals surface area contributed by atoms with E-state index in [0.29, 0.717) is 41.1 Å². The van der Waals surface area contributed by atoms with Gasteiger partial charge in [-0.3, -0.25) is 9.69 Å². The maximum Gasteiger partial charge on any atom is 0.260 e. The van der Waals surface area contributed by atoms with Crippen LogP contribution in [0, 0.1) is 0 Å². The number of thiazole rings is 1. The number of para-hydroxylation sites is 1. The highest BCUT2D eigenvalue weighted by Gasteiger charge is 2.23. The number of carbonyl (C=O) groups is 1. The van der Waals surface area contributed by atoms with Crippen molar-refractivity contribution in [3.8, 4) is 17.2 Å². The number of hydrogen-bond acceptors (Lipinski definition) is 7. The maximum atomic E-state index is 13.7. The van der Waals surface area contributed by atoms with E-state index in [0.717, 1.165) is 23.2 Å². The lowest BCUT2D eigenvalue weighted by molar-refractivity contribution is 0.0985. The molecule has 2 aromatic carbocycles. The average Bonchev–Trinajstić information content (AvgIpc) is 3.51. The van der Waals surface area contributed by atoms with Gasteiger partial charge in [-0.15, -0.1) is 0 Å². The first kappa shape index (κ1) is 22.6. The van der Waals surface area contributed by atoms with Crippen LogP contribution in [0.25, 0.3) is 10.2 Å². The molecule has 1 amide bonds.